The lowest BCUT2D eigenvalue weighted by Gasteiger charge is -2.19. The molecule has 0 unspecified atom stereocenters. The van der Waals surface area contributed by atoms with Gasteiger partial charge in [-0.3, -0.25) is 0 Å². The predicted octanol–water partition coefficient (Wildman–Crippen LogP) is 2.21. The first-order valence-electron chi connectivity index (χ1n) is 5.83. The van der Waals surface area contributed by atoms with E-state index in [-0.39, 0.29) is 23.3 Å². The Labute approximate surface area is 109 Å². The zero-order chi connectivity index (χ0) is 13.8. The number of hydrogen-bond acceptors (Lipinski definition) is 3. The molecular weight excluding hydrogens is 248 g/mol. The average molecular weight is 266 g/mol. The van der Waals surface area contributed by atoms with Crippen molar-refractivity contribution < 1.29 is 8.42 Å². The van der Waals surface area contributed by atoms with E-state index in [1.807, 2.05) is 26.8 Å². The molecule has 0 aliphatic heterocycles. The summed E-state index contributed by atoms with van der Waals surface area (Å²) >= 11 is 0. The maximum atomic E-state index is 12.1. The van der Waals surface area contributed by atoms with Crippen LogP contribution in [-0.2, 0) is 10.0 Å². The topological polar surface area (TPSA) is 70.0 Å². The lowest BCUT2D eigenvalue weighted by atomic mass is 10.0. The first kappa shape index (κ1) is 14.7. The fourth-order valence-corrected chi connectivity index (χ4v) is 2.88. The van der Waals surface area contributed by atoms with E-state index < -0.39 is 10.0 Å². The molecule has 0 radical (unpaired) electrons. The molecule has 98 valence electrons. The van der Waals surface area contributed by atoms with Crippen molar-refractivity contribution in [3.05, 3.63) is 29.8 Å². The Hall–Kier alpha value is -1.38. The molecule has 1 aromatic carbocycles. The Bertz CT molecular complexity index is 527. The van der Waals surface area contributed by atoms with Crippen LogP contribution in [0.5, 0.6) is 0 Å². The maximum absolute atomic E-state index is 12.1. The van der Waals surface area contributed by atoms with Gasteiger partial charge in [0.05, 0.1) is 17.4 Å². The number of aryl methyl sites for hydroxylation is 1. The van der Waals surface area contributed by atoms with Crippen LogP contribution in [0.25, 0.3) is 0 Å². The molecule has 0 saturated heterocycles. The van der Waals surface area contributed by atoms with Crippen molar-refractivity contribution in [1.29, 1.82) is 5.26 Å². The Morgan fingerprint density at radius 2 is 1.83 bits per heavy atom. The molecular formula is C13H18N2O2S. The van der Waals surface area contributed by atoms with E-state index in [4.69, 9.17) is 5.26 Å². The smallest absolute Gasteiger partial charge is 0.207 e. The number of hydrogen-bond donors (Lipinski definition) is 1. The van der Waals surface area contributed by atoms with Crippen molar-refractivity contribution >= 4 is 10.0 Å². The van der Waals surface area contributed by atoms with Gasteiger partial charge < -0.3 is 0 Å². The third-order valence-corrected chi connectivity index (χ3v) is 4.26. The van der Waals surface area contributed by atoms with Crippen LogP contribution in [0.4, 0.5) is 0 Å². The van der Waals surface area contributed by atoms with Crippen LogP contribution in [0.1, 0.15) is 25.8 Å². The quantitative estimate of drug-likeness (QED) is 0.888. The number of nitriles is 1. The van der Waals surface area contributed by atoms with E-state index in [0.29, 0.717) is 0 Å². The molecule has 0 fully saturated rings. The fraction of sp³-hybridized carbons (Fsp3) is 0.462. The molecule has 1 aromatic rings. The van der Waals surface area contributed by atoms with Gasteiger partial charge in [-0.05, 0) is 25.0 Å². The Kier molecular flexibility index (Phi) is 4.88. The summed E-state index contributed by atoms with van der Waals surface area (Å²) in [6, 6.07) is 8.29. The van der Waals surface area contributed by atoms with Crippen LogP contribution in [0.2, 0.25) is 0 Å². The van der Waals surface area contributed by atoms with Crippen LogP contribution in [0.3, 0.4) is 0 Å². The fourth-order valence-electron chi connectivity index (χ4n) is 1.50. The van der Waals surface area contributed by atoms with Crippen molar-refractivity contribution in [3.63, 3.8) is 0 Å². The van der Waals surface area contributed by atoms with E-state index in [1.165, 1.54) is 0 Å². The van der Waals surface area contributed by atoms with Gasteiger partial charge in [0.25, 0.3) is 0 Å². The van der Waals surface area contributed by atoms with Crippen molar-refractivity contribution in [1.82, 2.24) is 4.72 Å². The van der Waals surface area contributed by atoms with Gasteiger partial charge in [0.1, 0.15) is 0 Å². The summed E-state index contributed by atoms with van der Waals surface area (Å²) < 4.78 is 26.8. The maximum Gasteiger partial charge on any atom is 0.240 e. The molecule has 1 rings (SSSR count). The largest absolute Gasteiger partial charge is 0.240 e. The lowest BCUT2D eigenvalue weighted by molar-refractivity contribution is 0.454. The molecule has 5 heteroatoms. The van der Waals surface area contributed by atoms with Gasteiger partial charge in [-0.2, -0.15) is 5.26 Å². The van der Waals surface area contributed by atoms with E-state index in [1.54, 1.807) is 24.3 Å². The van der Waals surface area contributed by atoms with E-state index >= 15 is 0 Å². The van der Waals surface area contributed by atoms with Gasteiger partial charge in [0, 0.05) is 6.04 Å². The summed E-state index contributed by atoms with van der Waals surface area (Å²) in [6.45, 7) is 5.68. The summed E-state index contributed by atoms with van der Waals surface area (Å²) in [5.74, 6) is 0.0740. The molecule has 0 aliphatic carbocycles. The van der Waals surface area contributed by atoms with Crippen LogP contribution in [0, 0.1) is 24.2 Å². The zero-order valence-corrected chi connectivity index (χ0v) is 11.7. The molecule has 18 heavy (non-hydrogen) atoms. The Morgan fingerprint density at radius 3 is 2.28 bits per heavy atom. The standard InChI is InChI=1S/C13H18N2O2S/c1-10(2)13(8-9-14)15-18(16,17)12-6-4-11(3)5-7-12/h4-7,10,13,15H,8H2,1-3H3/t13-/m1/s1. The average Bonchev–Trinajstić information content (AvgIpc) is 2.28. The molecule has 4 nitrogen and oxygen atoms in total. The second-order valence-electron chi connectivity index (χ2n) is 4.65. The number of rotatable bonds is 5. The minimum Gasteiger partial charge on any atom is -0.207 e. The van der Waals surface area contributed by atoms with Crippen molar-refractivity contribution in [3.8, 4) is 6.07 Å². The van der Waals surface area contributed by atoms with Crippen LogP contribution in [-0.4, -0.2) is 14.5 Å². The van der Waals surface area contributed by atoms with E-state index in [2.05, 4.69) is 4.72 Å². The van der Waals surface area contributed by atoms with Crippen molar-refractivity contribution in [2.24, 2.45) is 5.92 Å². The van der Waals surface area contributed by atoms with Gasteiger partial charge in [-0.15, -0.1) is 0 Å². The highest BCUT2D eigenvalue weighted by Gasteiger charge is 2.22. The summed E-state index contributed by atoms with van der Waals surface area (Å²) in [5.41, 5.74) is 1.01. The first-order chi connectivity index (χ1) is 8.36. The third kappa shape index (κ3) is 3.83. The molecule has 0 amide bonds. The van der Waals surface area contributed by atoms with Crippen LogP contribution < -0.4 is 4.72 Å². The lowest BCUT2D eigenvalue weighted by Crippen LogP contribution is -2.38. The number of nitrogens with one attached hydrogen (secondary N) is 1. The minimum absolute atomic E-state index is 0.0740. The molecule has 0 aliphatic rings. The van der Waals surface area contributed by atoms with Crippen LogP contribution in [0.15, 0.2) is 29.2 Å². The molecule has 0 bridgehead atoms. The monoisotopic (exact) mass is 266 g/mol. The van der Waals surface area contributed by atoms with Crippen molar-refractivity contribution in [2.75, 3.05) is 0 Å². The van der Waals surface area contributed by atoms with Gasteiger partial charge >= 0.3 is 0 Å². The van der Waals surface area contributed by atoms with E-state index in [0.717, 1.165) is 5.56 Å². The second-order valence-corrected chi connectivity index (χ2v) is 6.36. The highest BCUT2D eigenvalue weighted by Crippen LogP contribution is 2.14. The molecule has 0 saturated carbocycles. The molecule has 0 spiro atoms. The van der Waals surface area contributed by atoms with Crippen molar-refractivity contribution in [2.45, 2.75) is 38.1 Å². The highest BCUT2D eigenvalue weighted by atomic mass is 32.2. The third-order valence-electron chi connectivity index (χ3n) is 2.75. The number of nitrogens with zero attached hydrogens (tertiary/aromatic N) is 1. The van der Waals surface area contributed by atoms with Crippen LogP contribution >= 0.6 is 0 Å². The SMILES string of the molecule is Cc1ccc(S(=O)(=O)N[C@H](CC#N)C(C)C)cc1. The second kappa shape index (κ2) is 5.98. The molecule has 0 heterocycles. The van der Waals surface area contributed by atoms with E-state index in [9.17, 15) is 8.42 Å². The normalized spacial score (nSPS) is 13.3. The summed E-state index contributed by atoms with van der Waals surface area (Å²) in [4.78, 5) is 0.233. The minimum atomic E-state index is -3.54. The Balaban J connectivity index is 2.94. The van der Waals surface area contributed by atoms with Gasteiger partial charge in [-0.1, -0.05) is 31.5 Å². The molecule has 0 aromatic heterocycles. The predicted molar refractivity (Wildman–Crippen MR) is 70.4 cm³/mol. The van der Waals surface area contributed by atoms with Gasteiger partial charge in [0.15, 0.2) is 0 Å². The Morgan fingerprint density at radius 1 is 1.28 bits per heavy atom. The summed E-state index contributed by atoms with van der Waals surface area (Å²) in [5, 5.41) is 8.70. The molecule has 1 N–H and O–H groups in total. The van der Waals surface area contributed by atoms with Gasteiger partial charge in [-0.25, -0.2) is 13.1 Å². The number of sulfonamides is 1. The highest BCUT2D eigenvalue weighted by molar-refractivity contribution is 7.89. The summed E-state index contributed by atoms with van der Waals surface area (Å²) in [6.07, 6.45) is 0.169. The zero-order valence-electron chi connectivity index (χ0n) is 10.8. The first-order valence-corrected chi connectivity index (χ1v) is 7.31. The number of benzene rings is 1. The van der Waals surface area contributed by atoms with Gasteiger partial charge in [0.2, 0.25) is 10.0 Å². The molecule has 1 atom stereocenters. The summed E-state index contributed by atoms with van der Waals surface area (Å²) in [7, 11) is -3.54.